The standard InChI is InChI=1S/C20H26N4O5S/c1-4-24(5-2)30(27,28)16-11-12-18(29-3)17(13-16)23-19(25)14-21-20(26)22-15-9-7-6-8-10-15/h6-13H,4-5,14H2,1-3H3,(H,23,25)(H2,21,22,26). The molecule has 30 heavy (non-hydrogen) atoms. The van der Waals surface area contributed by atoms with Crippen molar-refractivity contribution in [1.29, 1.82) is 0 Å². The number of benzene rings is 2. The Morgan fingerprint density at radius 1 is 1.00 bits per heavy atom. The number of amides is 3. The van der Waals surface area contributed by atoms with E-state index in [-0.39, 0.29) is 17.1 Å². The molecular weight excluding hydrogens is 408 g/mol. The Kier molecular flexibility index (Phi) is 8.19. The van der Waals surface area contributed by atoms with Crippen molar-refractivity contribution in [2.24, 2.45) is 0 Å². The van der Waals surface area contributed by atoms with Crippen LogP contribution in [-0.2, 0) is 14.8 Å². The molecule has 0 saturated carbocycles. The molecule has 0 aliphatic rings. The van der Waals surface area contributed by atoms with Gasteiger partial charge in [0.15, 0.2) is 0 Å². The Hall–Kier alpha value is -3.11. The van der Waals surface area contributed by atoms with Crippen LogP contribution < -0.4 is 20.7 Å². The first-order chi connectivity index (χ1) is 14.3. The number of sulfonamides is 1. The summed E-state index contributed by atoms with van der Waals surface area (Å²) in [6.07, 6.45) is 0. The molecule has 10 heteroatoms. The Labute approximate surface area is 176 Å². The minimum atomic E-state index is -3.70. The number of carbonyl (C=O) groups excluding carboxylic acids is 2. The molecule has 162 valence electrons. The Morgan fingerprint density at radius 2 is 1.67 bits per heavy atom. The van der Waals surface area contributed by atoms with Crippen LogP contribution in [0.4, 0.5) is 16.2 Å². The van der Waals surface area contributed by atoms with Crippen molar-refractivity contribution >= 4 is 33.3 Å². The largest absolute Gasteiger partial charge is 0.495 e. The number of rotatable bonds is 9. The zero-order chi connectivity index (χ0) is 22.1. The van der Waals surface area contributed by atoms with E-state index in [1.807, 2.05) is 6.07 Å². The lowest BCUT2D eigenvalue weighted by molar-refractivity contribution is -0.115. The number of hydrogen-bond acceptors (Lipinski definition) is 5. The first-order valence-corrected chi connectivity index (χ1v) is 10.8. The van der Waals surface area contributed by atoms with Gasteiger partial charge in [0.05, 0.1) is 24.2 Å². The molecule has 0 aromatic heterocycles. The van der Waals surface area contributed by atoms with E-state index in [9.17, 15) is 18.0 Å². The third kappa shape index (κ3) is 5.94. The second-order valence-corrected chi connectivity index (χ2v) is 8.11. The molecule has 9 nitrogen and oxygen atoms in total. The molecule has 2 aromatic carbocycles. The van der Waals surface area contributed by atoms with E-state index in [1.165, 1.54) is 29.6 Å². The molecule has 2 rings (SSSR count). The van der Waals surface area contributed by atoms with E-state index in [0.717, 1.165) is 0 Å². The zero-order valence-corrected chi connectivity index (χ0v) is 18.0. The normalized spacial score (nSPS) is 11.1. The highest BCUT2D eigenvalue weighted by molar-refractivity contribution is 7.89. The number of urea groups is 1. The lowest BCUT2D eigenvalue weighted by Crippen LogP contribution is -2.36. The van der Waals surface area contributed by atoms with Crippen molar-refractivity contribution in [3.63, 3.8) is 0 Å². The van der Waals surface area contributed by atoms with Crippen LogP contribution in [0.25, 0.3) is 0 Å². The van der Waals surface area contributed by atoms with Crippen LogP contribution >= 0.6 is 0 Å². The lowest BCUT2D eigenvalue weighted by atomic mass is 10.3. The quantitative estimate of drug-likeness (QED) is 0.561. The molecular formula is C20H26N4O5S. The highest BCUT2D eigenvalue weighted by Crippen LogP contribution is 2.28. The topological polar surface area (TPSA) is 117 Å². The van der Waals surface area contributed by atoms with Crippen molar-refractivity contribution in [2.45, 2.75) is 18.7 Å². The molecule has 0 unspecified atom stereocenters. The molecule has 2 aromatic rings. The fraction of sp³-hybridized carbons (Fsp3) is 0.300. The van der Waals surface area contributed by atoms with Crippen LogP contribution in [0.5, 0.6) is 5.75 Å². The second-order valence-electron chi connectivity index (χ2n) is 6.17. The lowest BCUT2D eigenvalue weighted by Gasteiger charge is -2.19. The molecule has 0 fully saturated rings. The molecule has 3 amide bonds. The van der Waals surface area contributed by atoms with Crippen LogP contribution in [0.3, 0.4) is 0 Å². The first-order valence-electron chi connectivity index (χ1n) is 9.39. The molecule has 3 N–H and O–H groups in total. The maximum absolute atomic E-state index is 12.7. The molecule has 0 bridgehead atoms. The van der Waals surface area contributed by atoms with Gasteiger partial charge in [-0.2, -0.15) is 4.31 Å². The number of hydrogen-bond donors (Lipinski definition) is 3. The molecule has 0 radical (unpaired) electrons. The van der Waals surface area contributed by atoms with Crippen molar-refractivity contribution in [3.8, 4) is 5.75 Å². The second kappa shape index (κ2) is 10.6. The predicted octanol–water partition coefficient (Wildman–Crippen LogP) is 2.49. The van der Waals surface area contributed by atoms with Gasteiger partial charge in [-0.1, -0.05) is 32.0 Å². The van der Waals surface area contributed by atoms with Crippen molar-refractivity contribution < 1.29 is 22.7 Å². The van der Waals surface area contributed by atoms with Gasteiger partial charge in [-0.05, 0) is 30.3 Å². The van der Waals surface area contributed by atoms with Crippen molar-refractivity contribution in [3.05, 3.63) is 48.5 Å². The SMILES string of the molecule is CCN(CC)S(=O)(=O)c1ccc(OC)c(NC(=O)CNC(=O)Nc2ccccc2)c1. The summed E-state index contributed by atoms with van der Waals surface area (Å²) in [7, 11) is -2.29. The molecule has 0 spiro atoms. The number of nitrogens with zero attached hydrogens (tertiary/aromatic N) is 1. The molecule has 0 aliphatic carbocycles. The van der Waals surface area contributed by atoms with Gasteiger partial charge in [-0.25, -0.2) is 13.2 Å². The van der Waals surface area contributed by atoms with Crippen LogP contribution in [0.15, 0.2) is 53.4 Å². The first kappa shape index (κ1) is 23.2. The number of ether oxygens (including phenoxy) is 1. The number of methoxy groups -OCH3 is 1. The minimum absolute atomic E-state index is 0.0390. The van der Waals surface area contributed by atoms with Gasteiger partial charge in [-0.15, -0.1) is 0 Å². The summed E-state index contributed by atoms with van der Waals surface area (Å²) in [5, 5.41) is 7.62. The summed E-state index contributed by atoms with van der Waals surface area (Å²) < 4.78 is 32.0. The molecule has 0 atom stereocenters. The smallest absolute Gasteiger partial charge is 0.319 e. The van der Waals surface area contributed by atoms with Gasteiger partial charge in [0, 0.05) is 18.8 Å². The van der Waals surface area contributed by atoms with Crippen LogP contribution in [0.2, 0.25) is 0 Å². The van der Waals surface area contributed by atoms with E-state index >= 15 is 0 Å². The summed E-state index contributed by atoms with van der Waals surface area (Å²) in [5.74, 6) is -0.232. The van der Waals surface area contributed by atoms with Crippen molar-refractivity contribution in [2.75, 3.05) is 37.4 Å². The average Bonchev–Trinajstić information content (AvgIpc) is 2.73. The highest BCUT2D eigenvalue weighted by Gasteiger charge is 2.23. The van der Waals surface area contributed by atoms with E-state index in [1.54, 1.807) is 38.1 Å². The van der Waals surface area contributed by atoms with E-state index in [0.29, 0.717) is 24.5 Å². The Morgan fingerprint density at radius 3 is 2.27 bits per heavy atom. The third-order valence-corrected chi connectivity index (χ3v) is 6.28. The number of nitrogens with one attached hydrogen (secondary N) is 3. The molecule has 0 aliphatic heterocycles. The monoisotopic (exact) mass is 434 g/mol. The van der Waals surface area contributed by atoms with E-state index in [4.69, 9.17) is 4.74 Å². The predicted molar refractivity (Wildman–Crippen MR) is 115 cm³/mol. The van der Waals surface area contributed by atoms with Gasteiger partial charge in [0.2, 0.25) is 15.9 Å². The minimum Gasteiger partial charge on any atom is -0.495 e. The maximum Gasteiger partial charge on any atom is 0.319 e. The average molecular weight is 435 g/mol. The van der Waals surface area contributed by atoms with E-state index < -0.39 is 22.0 Å². The zero-order valence-electron chi connectivity index (χ0n) is 17.1. The third-order valence-electron chi connectivity index (χ3n) is 4.23. The summed E-state index contributed by atoms with van der Waals surface area (Å²) >= 11 is 0. The fourth-order valence-electron chi connectivity index (χ4n) is 2.71. The maximum atomic E-state index is 12.7. The number of para-hydroxylation sites is 1. The van der Waals surface area contributed by atoms with E-state index in [2.05, 4.69) is 16.0 Å². The fourth-order valence-corrected chi connectivity index (χ4v) is 4.19. The van der Waals surface area contributed by atoms with Crippen LogP contribution in [0.1, 0.15) is 13.8 Å². The van der Waals surface area contributed by atoms with Gasteiger partial charge in [0.1, 0.15) is 5.75 Å². The van der Waals surface area contributed by atoms with Crippen molar-refractivity contribution in [1.82, 2.24) is 9.62 Å². The van der Waals surface area contributed by atoms with Gasteiger partial charge >= 0.3 is 6.03 Å². The van der Waals surface area contributed by atoms with Gasteiger partial charge in [0.25, 0.3) is 0 Å². The number of anilines is 2. The van der Waals surface area contributed by atoms with Gasteiger partial charge in [-0.3, -0.25) is 4.79 Å². The Bertz CT molecular complexity index is 976. The highest BCUT2D eigenvalue weighted by atomic mass is 32.2. The summed E-state index contributed by atoms with van der Waals surface area (Å²) in [4.78, 5) is 24.2. The summed E-state index contributed by atoms with van der Waals surface area (Å²) in [6, 6.07) is 12.5. The molecule has 0 heterocycles. The summed E-state index contributed by atoms with van der Waals surface area (Å²) in [6.45, 7) is 3.84. The Balaban J connectivity index is 2.07. The molecule has 0 saturated heterocycles. The summed E-state index contributed by atoms with van der Waals surface area (Å²) in [5.41, 5.74) is 0.785. The van der Waals surface area contributed by atoms with Gasteiger partial charge < -0.3 is 20.7 Å². The number of carbonyl (C=O) groups is 2. The van der Waals surface area contributed by atoms with Crippen LogP contribution in [-0.4, -0.2) is 51.4 Å². The van der Waals surface area contributed by atoms with Crippen LogP contribution in [0, 0.1) is 0 Å².